The first-order valence-corrected chi connectivity index (χ1v) is 10.2. The molecule has 8 nitrogen and oxygen atoms in total. The first kappa shape index (κ1) is 21.0. The molecule has 9 heteroatoms. The van der Waals surface area contributed by atoms with Crippen molar-refractivity contribution >= 4 is 23.6 Å². The Morgan fingerprint density at radius 1 is 1.30 bits per heavy atom. The number of furan rings is 1. The van der Waals surface area contributed by atoms with Gasteiger partial charge < -0.3 is 19.6 Å². The zero-order chi connectivity index (χ0) is 19.8. The van der Waals surface area contributed by atoms with Crippen LogP contribution in [-0.2, 0) is 17.8 Å². The first-order valence-electron chi connectivity index (χ1n) is 8.97. The fraction of sp³-hybridized carbons (Fsp3) is 0.556. The summed E-state index contributed by atoms with van der Waals surface area (Å²) in [6.07, 6.45) is 4.93. The minimum Gasteiger partial charge on any atom is -0.469 e. The topological polar surface area (TPSA) is 102 Å². The Bertz CT molecular complexity index is 769. The highest BCUT2D eigenvalue weighted by Gasteiger charge is 2.14. The summed E-state index contributed by atoms with van der Waals surface area (Å²) >= 11 is 1.58. The zero-order valence-corrected chi connectivity index (χ0v) is 17.1. The second-order valence-corrected chi connectivity index (χ2v) is 7.41. The van der Waals surface area contributed by atoms with Crippen LogP contribution in [0.5, 0.6) is 0 Å². The molecule has 0 atom stereocenters. The molecule has 27 heavy (non-hydrogen) atoms. The number of hydrogen-bond donors (Lipinski definition) is 2. The summed E-state index contributed by atoms with van der Waals surface area (Å²) in [5, 5.41) is 14.8. The van der Waals surface area contributed by atoms with Crippen LogP contribution >= 0.6 is 11.8 Å². The third kappa shape index (κ3) is 6.13. The number of carbonyl (C=O) groups is 2. The number of carbonyl (C=O) groups excluding carboxylic acids is 2. The molecule has 2 amide bonds. The van der Waals surface area contributed by atoms with Crippen molar-refractivity contribution in [1.29, 1.82) is 0 Å². The summed E-state index contributed by atoms with van der Waals surface area (Å²) in [7, 11) is 0. The lowest BCUT2D eigenvalue weighted by molar-refractivity contribution is -0.120. The Morgan fingerprint density at radius 2 is 2.07 bits per heavy atom. The standard InChI is InChI=1S/C18H27N5O3S/c1-12(2)11-23-15(21-22-18(23)27-4)6-5-8-19-16(24)10-20-17(25)14-7-9-26-13(14)3/h7,9,12H,5-6,8,10-11H2,1-4H3,(H,19,24)(H,20,25). The van der Waals surface area contributed by atoms with Gasteiger partial charge in [-0.25, -0.2) is 0 Å². The number of aryl methyl sites for hydroxylation is 2. The van der Waals surface area contributed by atoms with Crippen LogP contribution in [-0.4, -0.2) is 45.9 Å². The number of rotatable bonds is 10. The zero-order valence-electron chi connectivity index (χ0n) is 16.2. The summed E-state index contributed by atoms with van der Waals surface area (Å²) in [5.41, 5.74) is 0.442. The van der Waals surface area contributed by atoms with Gasteiger partial charge in [-0.1, -0.05) is 25.6 Å². The third-order valence-corrected chi connectivity index (χ3v) is 4.60. The van der Waals surface area contributed by atoms with Crippen molar-refractivity contribution in [1.82, 2.24) is 25.4 Å². The van der Waals surface area contributed by atoms with Gasteiger partial charge in [-0.3, -0.25) is 9.59 Å². The van der Waals surface area contributed by atoms with Crippen LogP contribution in [0, 0.1) is 12.8 Å². The number of thioether (sulfide) groups is 1. The van der Waals surface area contributed by atoms with Gasteiger partial charge in [0, 0.05) is 19.5 Å². The van der Waals surface area contributed by atoms with Crippen LogP contribution in [0.3, 0.4) is 0 Å². The van der Waals surface area contributed by atoms with Crippen LogP contribution in [0.15, 0.2) is 21.9 Å². The molecule has 0 radical (unpaired) electrons. The van der Waals surface area contributed by atoms with Gasteiger partial charge in [0.05, 0.1) is 18.4 Å². The molecule has 0 fully saturated rings. The lowest BCUT2D eigenvalue weighted by Gasteiger charge is -2.12. The maximum absolute atomic E-state index is 11.9. The maximum atomic E-state index is 11.9. The molecule has 2 N–H and O–H groups in total. The molecular weight excluding hydrogens is 366 g/mol. The molecule has 0 aliphatic carbocycles. The van der Waals surface area contributed by atoms with Gasteiger partial charge in [0.25, 0.3) is 5.91 Å². The smallest absolute Gasteiger partial charge is 0.255 e. The second-order valence-electron chi connectivity index (χ2n) is 6.63. The largest absolute Gasteiger partial charge is 0.469 e. The Balaban J connectivity index is 1.72. The minimum absolute atomic E-state index is 0.0659. The Morgan fingerprint density at radius 3 is 2.70 bits per heavy atom. The lowest BCUT2D eigenvalue weighted by Crippen LogP contribution is -2.37. The fourth-order valence-corrected chi connectivity index (χ4v) is 3.14. The van der Waals surface area contributed by atoms with E-state index in [0.717, 1.165) is 30.4 Å². The average molecular weight is 394 g/mol. The van der Waals surface area contributed by atoms with E-state index in [9.17, 15) is 9.59 Å². The normalized spacial score (nSPS) is 11.0. The summed E-state index contributed by atoms with van der Waals surface area (Å²) in [6.45, 7) is 7.35. The summed E-state index contributed by atoms with van der Waals surface area (Å²) in [6, 6.07) is 1.58. The van der Waals surface area contributed by atoms with Crippen LogP contribution in [0.25, 0.3) is 0 Å². The van der Waals surface area contributed by atoms with Crippen LogP contribution in [0.1, 0.15) is 42.2 Å². The molecule has 0 spiro atoms. The predicted molar refractivity (Wildman–Crippen MR) is 104 cm³/mol. The molecule has 0 aliphatic heterocycles. The summed E-state index contributed by atoms with van der Waals surface area (Å²) in [4.78, 5) is 23.8. The Labute approximate surface area is 163 Å². The van der Waals surface area contributed by atoms with Gasteiger partial charge in [0.15, 0.2) is 5.16 Å². The SMILES string of the molecule is CSc1nnc(CCCNC(=O)CNC(=O)c2ccoc2C)n1CC(C)C. The van der Waals surface area contributed by atoms with E-state index in [2.05, 4.69) is 39.2 Å². The second kappa shape index (κ2) is 10.1. The highest BCUT2D eigenvalue weighted by molar-refractivity contribution is 7.98. The quantitative estimate of drug-likeness (QED) is 0.473. The van der Waals surface area contributed by atoms with E-state index >= 15 is 0 Å². The molecule has 2 aromatic rings. The third-order valence-electron chi connectivity index (χ3n) is 3.94. The van der Waals surface area contributed by atoms with Gasteiger partial charge in [-0.05, 0) is 31.6 Å². The van der Waals surface area contributed by atoms with Crippen molar-refractivity contribution in [2.24, 2.45) is 5.92 Å². The molecule has 2 rings (SSSR count). The van der Waals surface area contributed by atoms with Crippen molar-refractivity contribution in [3.63, 3.8) is 0 Å². The molecular formula is C18H27N5O3S. The van der Waals surface area contributed by atoms with Gasteiger partial charge in [-0.2, -0.15) is 0 Å². The average Bonchev–Trinajstić information content (AvgIpc) is 3.22. The van der Waals surface area contributed by atoms with E-state index in [1.807, 2.05) is 6.26 Å². The number of aromatic nitrogens is 3. The van der Waals surface area contributed by atoms with Crippen LogP contribution in [0.4, 0.5) is 0 Å². The molecule has 2 heterocycles. The number of amides is 2. The molecule has 148 valence electrons. The van der Waals surface area contributed by atoms with Crippen molar-refractivity contribution in [2.75, 3.05) is 19.3 Å². The maximum Gasteiger partial charge on any atom is 0.255 e. The van der Waals surface area contributed by atoms with E-state index in [1.165, 1.54) is 6.26 Å². The van der Waals surface area contributed by atoms with Gasteiger partial charge >= 0.3 is 0 Å². The minimum atomic E-state index is -0.317. The molecule has 2 aromatic heterocycles. The molecule has 0 aliphatic rings. The predicted octanol–water partition coefficient (Wildman–Crippen LogP) is 2.04. The van der Waals surface area contributed by atoms with Crippen molar-refractivity contribution in [2.45, 2.75) is 45.3 Å². The van der Waals surface area contributed by atoms with Crippen LogP contribution in [0.2, 0.25) is 0 Å². The van der Waals surface area contributed by atoms with E-state index < -0.39 is 0 Å². The molecule has 0 saturated carbocycles. The highest BCUT2D eigenvalue weighted by atomic mass is 32.2. The lowest BCUT2D eigenvalue weighted by atomic mass is 10.2. The molecule has 0 saturated heterocycles. The van der Waals surface area contributed by atoms with Crippen molar-refractivity contribution < 1.29 is 14.0 Å². The summed E-state index contributed by atoms with van der Waals surface area (Å²) < 4.78 is 7.22. The van der Waals surface area contributed by atoms with E-state index in [1.54, 1.807) is 24.8 Å². The number of nitrogens with one attached hydrogen (secondary N) is 2. The van der Waals surface area contributed by atoms with E-state index in [-0.39, 0.29) is 18.4 Å². The van der Waals surface area contributed by atoms with Gasteiger partial charge in [0.1, 0.15) is 11.6 Å². The van der Waals surface area contributed by atoms with Crippen LogP contribution < -0.4 is 10.6 Å². The number of nitrogens with zero attached hydrogens (tertiary/aromatic N) is 3. The molecule has 0 unspecified atom stereocenters. The molecule has 0 aromatic carbocycles. The highest BCUT2D eigenvalue weighted by Crippen LogP contribution is 2.16. The van der Waals surface area contributed by atoms with Gasteiger partial charge in [0.2, 0.25) is 5.91 Å². The molecule has 0 bridgehead atoms. The van der Waals surface area contributed by atoms with E-state index in [0.29, 0.717) is 23.8 Å². The fourth-order valence-electron chi connectivity index (χ4n) is 2.62. The Kier molecular flexibility index (Phi) is 7.90. The monoisotopic (exact) mass is 393 g/mol. The van der Waals surface area contributed by atoms with Crippen molar-refractivity contribution in [3.8, 4) is 0 Å². The van der Waals surface area contributed by atoms with Crippen molar-refractivity contribution in [3.05, 3.63) is 29.5 Å². The van der Waals surface area contributed by atoms with E-state index in [4.69, 9.17) is 4.42 Å². The summed E-state index contributed by atoms with van der Waals surface area (Å²) in [5.74, 6) is 1.43. The van der Waals surface area contributed by atoms with Gasteiger partial charge in [-0.15, -0.1) is 10.2 Å². The number of hydrogen-bond acceptors (Lipinski definition) is 6. The Hall–Kier alpha value is -2.29. The first-order chi connectivity index (χ1) is 12.9.